The van der Waals surface area contributed by atoms with Gasteiger partial charge in [0.25, 0.3) is 0 Å². The van der Waals surface area contributed by atoms with Crippen molar-refractivity contribution in [2.45, 2.75) is 26.2 Å². The Hall–Kier alpha value is -1.18. The van der Waals surface area contributed by atoms with Gasteiger partial charge < -0.3 is 15.4 Å². The zero-order valence-electron chi connectivity index (χ0n) is 14.3. The van der Waals surface area contributed by atoms with E-state index in [1.165, 1.54) is 22.9 Å². The second kappa shape index (κ2) is 10.6. The molecule has 1 fully saturated rings. The summed E-state index contributed by atoms with van der Waals surface area (Å²) in [5.41, 5.74) is 0. The van der Waals surface area contributed by atoms with Gasteiger partial charge in [-0.15, -0.1) is 11.3 Å². The fourth-order valence-corrected chi connectivity index (χ4v) is 3.30. The molecule has 0 unspecified atom stereocenters. The molecular formula is C16H29N5OS. The number of hydrogen-bond acceptors (Lipinski definition) is 5. The molecule has 1 aromatic rings. The Morgan fingerprint density at radius 2 is 2.09 bits per heavy atom. The van der Waals surface area contributed by atoms with Crippen LogP contribution < -0.4 is 10.6 Å². The van der Waals surface area contributed by atoms with Crippen LogP contribution in [0.15, 0.2) is 11.2 Å². The van der Waals surface area contributed by atoms with Crippen molar-refractivity contribution in [3.8, 4) is 0 Å². The quantitative estimate of drug-likeness (QED) is 0.424. The van der Waals surface area contributed by atoms with Crippen LogP contribution in [-0.4, -0.2) is 68.8 Å². The van der Waals surface area contributed by atoms with Gasteiger partial charge in [-0.2, -0.15) is 0 Å². The predicted molar refractivity (Wildman–Crippen MR) is 96.4 cm³/mol. The van der Waals surface area contributed by atoms with Crippen molar-refractivity contribution >= 4 is 17.3 Å². The largest absolute Gasteiger partial charge is 0.379 e. The summed E-state index contributed by atoms with van der Waals surface area (Å²) >= 11 is 1.76. The lowest BCUT2D eigenvalue weighted by Gasteiger charge is -2.26. The summed E-state index contributed by atoms with van der Waals surface area (Å²) in [6.07, 6.45) is 5.24. The van der Waals surface area contributed by atoms with E-state index in [4.69, 9.17) is 4.74 Å². The Balaban J connectivity index is 1.50. The number of morpholine rings is 1. The van der Waals surface area contributed by atoms with Gasteiger partial charge in [0.05, 0.1) is 18.2 Å². The van der Waals surface area contributed by atoms with Crippen molar-refractivity contribution in [1.82, 2.24) is 20.5 Å². The molecule has 7 heteroatoms. The van der Waals surface area contributed by atoms with Crippen LogP contribution in [0.4, 0.5) is 0 Å². The molecule has 0 bridgehead atoms. The molecule has 0 amide bonds. The van der Waals surface area contributed by atoms with Gasteiger partial charge >= 0.3 is 0 Å². The molecule has 1 aliphatic heterocycles. The summed E-state index contributed by atoms with van der Waals surface area (Å²) in [6.45, 7) is 8.99. The zero-order chi connectivity index (χ0) is 16.3. The van der Waals surface area contributed by atoms with Crippen molar-refractivity contribution in [1.29, 1.82) is 0 Å². The Morgan fingerprint density at radius 1 is 1.30 bits per heavy atom. The number of aromatic nitrogens is 1. The first-order chi connectivity index (χ1) is 11.3. The number of thiazole rings is 1. The van der Waals surface area contributed by atoms with Gasteiger partial charge in [-0.05, 0) is 26.3 Å². The van der Waals surface area contributed by atoms with Gasteiger partial charge in [-0.1, -0.05) is 0 Å². The Bertz CT molecular complexity index is 471. The summed E-state index contributed by atoms with van der Waals surface area (Å²) in [6, 6.07) is 0. The highest BCUT2D eigenvalue weighted by Crippen LogP contribution is 2.10. The van der Waals surface area contributed by atoms with E-state index in [1.54, 1.807) is 11.3 Å². The van der Waals surface area contributed by atoms with Gasteiger partial charge in [0.2, 0.25) is 0 Å². The van der Waals surface area contributed by atoms with Crippen LogP contribution in [0.2, 0.25) is 0 Å². The first kappa shape index (κ1) is 18.2. The highest BCUT2D eigenvalue weighted by Gasteiger charge is 2.09. The van der Waals surface area contributed by atoms with Crippen LogP contribution in [0, 0.1) is 6.92 Å². The molecule has 2 rings (SSSR count). The highest BCUT2D eigenvalue weighted by molar-refractivity contribution is 7.11. The topological polar surface area (TPSA) is 61.8 Å². The number of guanidine groups is 1. The maximum Gasteiger partial charge on any atom is 0.190 e. The Morgan fingerprint density at radius 3 is 2.78 bits per heavy atom. The molecule has 23 heavy (non-hydrogen) atoms. The average Bonchev–Trinajstić information content (AvgIpc) is 2.99. The Kier molecular flexibility index (Phi) is 8.35. The van der Waals surface area contributed by atoms with E-state index in [1.807, 2.05) is 13.2 Å². The lowest BCUT2D eigenvalue weighted by molar-refractivity contribution is 0.0372. The zero-order valence-corrected chi connectivity index (χ0v) is 15.1. The van der Waals surface area contributed by atoms with E-state index in [0.717, 1.165) is 58.2 Å². The van der Waals surface area contributed by atoms with E-state index < -0.39 is 0 Å². The summed E-state index contributed by atoms with van der Waals surface area (Å²) in [5, 5.41) is 7.90. The van der Waals surface area contributed by atoms with Crippen molar-refractivity contribution in [3.63, 3.8) is 0 Å². The normalized spacial score (nSPS) is 16.5. The number of aryl methyl sites for hydroxylation is 1. The van der Waals surface area contributed by atoms with E-state index in [-0.39, 0.29) is 0 Å². The second-order valence-corrected chi connectivity index (χ2v) is 7.02. The van der Waals surface area contributed by atoms with Crippen LogP contribution in [0.25, 0.3) is 0 Å². The van der Waals surface area contributed by atoms with E-state index in [9.17, 15) is 0 Å². The van der Waals surface area contributed by atoms with Crippen molar-refractivity contribution in [2.24, 2.45) is 4.99 Å². The standard InChI is InChI=1S/C16H29N5OS/c1-14-13-20-15(23-14)5-7-19-16(17-2)18-6-3-4-8-21-9-11-22-12-10-21/h13H,3-12H2,1-2H3,(H2,17,18,19). The van der Waals surface area contributed by atoms with Crippen LogP contribution in [-0.2, 0) is 11.2 Å². The third-order valence-corrected chi connectivity index (χ3v) is 4.79. The maximum absolute atomic E-state index is 5.36. The molecule has 1 saturated heterocycles. The molecule has 130 valence electrons. The lowest BCUT2D eigenvalue weighted by atomic mass is 10.3. The van der Waals surface area contributed by atoms with Crippen LogP contribution >= 0.6 is 11.3 Å². The monoisotopic (exact) mass is 339 g/mol. The SMILES string of the molecule is CN=C(NCCCCN1CCOCC1)NCCc1ncc(C)s1. The number of rotatable bonds is 8. The lowest BCUT2D eigenvalue weighted by Crippen LogP contribution is -2.39. The minimum Gasteiger partial charge on any atom is -0.379 e. The smallest absolute Gasteiger partial charge is 0.190 e. The summed E-state index contributed by atoms with van der Waals surface area (Å²) < 4.78 is 5.36. The number of nitrogens with zero attached hydrogens (tertiary/aromatic N) is 3. The molecule has 0 saturated carbocycles. The molecule has 1 aliphatic rings. The van der Waals surface area contributed by atoms with Crippen LogP contribution in [0.3, 0.4) is 0 Å². The van der Waals surface area contributed by atoms with E-state index >= 15 is 0 Å². The van der Waals surface area contributed by atoms with Crippen molar-refractivity contribution in [2.75, 3.05) is 53.0 Å². The second-order valence-electron chi connectivity index (χ2n) is 5.70. The molecule has 0 aliphatic carbocycles. The molecule has 0 atom stereocenters. The molecule has 6 nitrogen and oxygen atoms in total. The Labute approximate surface area is 143 Å². The first-order valence-corrected chi connectivity index (χ1v) is 9.25. The third kappa shape index (κ3) is 7.28. The third-order valence-electron chi connectivity index (χ3n) is 3.82. The van der Waals surface area contributed by atoms with E-state index in [2.05, 4.69) is 32.4 Å². The maximum atomic E-state index is 5.36. The fraction of sp³-hybridized carbons (Fsp3) is 0.750. The highest BCUT2D eigenvalue weighted by atomic mass is 32.1. The molecule has 2 N–H and O–H groups in total. The molecular weight excluding hydrogens is 310 g/mol. The van der Waals surface area contributed by atoms with Gasteiger partial charge in [-0.25, -0.2) is 4.98 Å². The molecule has 0 spiro atoms. The van der Waals surface area contributed by atoms with Gasteiger partial charge in [0.15, 0.2) is 5.96 Å². The first-order valence-electron chi connectivity index (χ1n) is 8.44. The number of unbranched alkanes of at least 4 members (excludes halogenated alkanes) is 1. The summed E-state index contributed by atoms with van der Waals surface area (Å²) in [5.74, 6) is 0.879. The molecule has 2 heterocycles. The van der Waals surface area contributed by atoms with Crippen LogP contribution in [0.5, 0.6) is 0 Å². The van der Waals surface area contributed by atoms with Gasteiger partial charge in [0, 0.05) is 50.7 Å². The van der Waals surface area contributed by atoms with Gasteiger partial charge in [-0.3, -0.25) is 9.89 Å². The molecule has 0 radical (unpaired) electrons. The van der Waals surface area contributed by atoms with Crippen molar-refractivity contribution < 1.29 is 4.74 Å². The van der Waals surface area contributed by atoms with Crippen molar-refractivity contribution in [3.05, 3.63) is 16.1 Å². The minimum absolute atomic E-state index is 0.862. The number of aliphatic imine (C=N–C) groups is 1. The average molecular weight is 340 g/mol. The fourth-order valence-electron chi connectivity index (χ4n) is 2.52. The number of ether oxygens (including phenoxy) is 1. The number of hydrogen-bond donors (Lipinski definition) is 2. The molecule has 0 aromatic carbocycles. The minimum atomic E-state index is 0.862. The van der Waals surface area contributed by atoms with Crippen LogP contribution in [0.1, 0.15) is 22.7 Å². The summed E-state index contributed by atoms with van der Waals surface area (Å²) in [4.78, 5) is 12.4. The number of nitrogens with one attached hydrogen (secondary N) is 2. The van der Waals surface area contributed by atoms with Gasteiger partial charge in [0.1, 0.15) is 0 Å². The van der Waals surface area contributed by atoms with E-state index in [0.29, 0.717) is 0 Å². The molecule has 1 aromatic heterocycles. The predicted octanol–water partition coefficient (Wildman–Crippen LogP) is 1.27. The summed E-state index contributed by atoms with van der Waals surface area (Å²) in [7, 11) is 1.82.